The molecule has 0 unspecified atom stereocenters. The van der Waals surface area contributed by atoms with E-state index in [9.17, 15) is 9.59 Å². The molecule has 1 aromatic rings. The third-order valence-electron chi connectivity index (χ3n) is 5.95. The predicted octanol–water partition coefficient (Wildman–Crippen LogP) is 4.24. The van der Waals surface area contributed by atoms with Gasteiger partial charge in [0.2, 0.25) is 5.91 Å². The van der Waals surface area contributed by atoms with E-state index in [0.29, 0.717) is 17.0 Å². The summed E-state index contributed by atoms with van der Waals surface area (Å²) in [6.07, 6.45) is 3.56. The molecule has 0 radical (unpaired) electrons. The van der Waals surface area contributed by atoms with Gasteiger partial charge in [-0.05, 0) is 56.2 Å². The van der Waals surface area contributed by atoms with Crippen LogP contribution in [0.3, 0.4) is 0 Å². The zero-order valence-corrected chi connectivity index (χ0v) is 19.6. The van der Waals surface area contributed by atoms with Crippen molar-refractivity contribution in [1.29, 1.82) is 0 Å². The van der Waals surface area contributed by atoms with Crippen LogP contribution in [0.4, 0.5) is 0 Å². The third-order valence-corrected chi connectivity index (χ3v) is 6.84. The molecule has 1 amide bonds. The summed E-state index contributed by atoms with van der Waals surface area (Å²) >= 11 is 1.49. The molecule has 0 saturated carbocycles. The number of hydrogen-bond donors (Lipinski definition) is 0. The quantitative estimate of drug-likeness (QED) is 0.598. The van der Waals surface area contributed by atoms with E-state index in [4.69, 9.17) is 14.5 Å². The lowest BCUT2D eigenvalue weighted by atomic mass is 9.93. The van der Waals surface area contributed by atoms with E-state index < -0.39 is 6.04 Å². The largest absolute Gasteiger partial charge is 0.497 e. The van der Waals surface area contributed by atoms with Crippen LogP contribution < -0.4 is 4.74 Å². The number of fused-ring (bicyclic) bond motifs is 1. The number of nitrogens with zero attached hydrogens (tertiary/aromatic N) is 3. The molecule has 3 aliphatic heterocycles. The van der Waals surface area contributed by atoms with Gasteiger partial charge >= 0.3 is 5.97 Å². The van der Waals surface area contributed by atoms with Crippen LogP contribution >= 0.6 is 11.8 Å². The summed E-state index contributed by atoms with van der Waals surface area (Å²) in [4.78, 5) is 34.7. The maximum atomic E-state index is 13.0. The molecule has 8 heteroatoms. The first-order valence-electron chi connectivity index (χ1n) is 11.1. The number of esters is 1. The van der Waals surface area contributed by atoms with Crippen molar-refractivity contribution in [2.45, 2.75) is 45.6 Å². The zero-order chi connectivity index (χ0) is 22.7. The van der Waals surface area contributed by atoms with Crippen molar-refractivity contribution in [3.63, 3.8) is 0 Å². The Morgan fingerprint density at radius 3 is 2.72 bits per heavy atom. The molecule has 3 heterocycles. The number of ether oxygens (including phenoxy) is 2. The van der Waals surface area contributed by atoms with Crippen LogP contribution in [0.1, 0.15) is 51.1 Å². The standard InChI is InChI=1S/C24H29N3O4S/c1-4-31-23(29)21-16(2)25-24-27(22(21)17-9-8-10-19(13-17)30-3)18(15-32-24)14-20(28)26-11-6-5-7-12-26/h8-10,13,15,22H,4-7,11-12,14H2,1-3H3/t22-/m1/s1. The number of amides is 1. The second-order valence-corrected chi connectivity index (χ2v) is 8.84. The Balaban J connectivity index is 1.70. The Kier molecular flexibility index (Phi) is 6.89. The van der Waals surface area contributed by atoms with Gasteiger partial charge in [0.25, 0.3) is 0 Å². The fourth-order valence-corrected chi connectivity index (χ4v) is 5.34. The van der Waals surface area contributed by atoms with E-state index in [1.807, 2.05) is 46.4 Å². The second kappa shape index (κ2) is 9.81. The highest BCUT2D eigenvalue weighted by Crippen LogP contribution is 2.45. The number of piperidine rings is 1. The molecule has 1 saturated heterocycles. The summed E-state index contributed by atoms with van der Waals surface area (Å²) < 4.78 is 10.8. The fourth-order valence-electron chi connectivity index (χ4n) is 4.38. The molecule has 7 nitrogen and oxygen atoms in total. The van der Waals surface area contributed by atoms with Gasteiger partial charge in [0.05, 0.1) is 37.4 Å². The van der Waals surface area contributed by atoms with Crippen molar-refractivity contribution < 1.29 is 19.1 Å². The zero-order valence-electron chi connectivity index (χ0n) is 18.8. The SMILES string of the molecule is CCOC(=O)C1=C(C)N=C2SC=C(CC(=O)N3CCCCC3)N2[C@@H]1c1cccc(OC)c1. The highest BCUT2D eigenvalue weighted by atomic mass is 32.2. The summed E-state index contributed by atoms with van der Waals surface area (Å²) in [5.41, 5.74) is 2.86. The van der Waals surface area contributed by atoms with Crippen LogP contribution in [0.2, 0.25) is 0 Å². The van der Waals surface area contributed by atoms with Crippen molar-refractivity contribution in [2.24, 2.45) is 4.99 Å². The summed E-state index contributed by atoms with van der Waals surface area (Å²) in [5.74, 6) is 0.430. The van der Waals surface area contributed by atoms with Gasteiger partial charge in [-0.2, -0.15) is 0 Å². The van der Waals surface area contributed by atoms with Gasteiger partial charge in [-0.15, -0.1) is 0 Å². The summed E-state index contributed by atoms with van der Waals surface area (Å²) in [5, 5.41) is 2.75. The molecule has 0 N–H and O–H groups in total. The molecular formula is C24H29N3O4S. The summed E-state index contributed by atoms with van der Waals surface area (Å²) in [7, 11) is 1.62. The van der Waals surface area contributed by atoms with Crippen LogP contribution in [0.5, 0.6) is 5.75 Å². The highest BCUT2D eigenvalue weighted by Gasteiger charge is 2.41. The molecular weight excluding hydrogens is 426 g/mol. The number of allylic oxidation sites excluding steroid dienone is 1. The molecule has 0 spiro atoms. The number of hydrogen-bond acceptors (Lipinski definition) is 7. The number of amidine groups is 1. The van der Waals surface area contributed by atoms with Crippen molar-refractivity contribution in [1.82, 2.24) is 9.80 Å². The Morgan fingerprint density at radius 2 is 2.00 bits per heavy atom. The van der Waals surface area contributed by atoms with Gasteiger partial charge in [0.15, 0.2) is 5.17 Å². The van der Waals surface area contributed by atoms with Gasteiger partial charge < -0.3 is 19.3 Å². The van der Waals surface area contributed by atoms with E-state index in [1.165, 1.54) is 18.2 Å². The van der Waals surface area contributed by atoms with E-state index >= 15 is 0 Å². The number of carbonyl (C=O) groups excluding carboxylic acids is 2. The normalized spacial score (nSPS) is 20.5. The number of methoxy groups -OCH3 is 1. The van der Waals surface area contributed by atoms with Crippen LogP contribution in [-0.2, 0) is 14.3 Å². The number of thioether (sulfide) groups is 1. The highest BCUT2D eigenvalue weighted by molar-refractivity contribution is 8.16. The van der Waals surface area contributed by atoms with Crippen LogP contribution in [-0.4, -0.2) is 53.7 Å². The number of rotatable bonds is 6. The van der Waals surface area contributed by atoms with Crippen molar-refractivity contribution in [3.05, 3.63) is 52.2 Å². The van der Waals surface area contributed by atoms with Gasteiger partial charge in [0.1, 0.15) is 5.75 Å². The number of likely N-dealkylation sites (tertiary alicyclic amines) is 1. The average molecular weight is 456 g/mol. The van der Waals surface area contributed by atoms with Gasteiger partial charge in [-0.1, -0.05) is 23.9 Å². The van der Waals surface area contributed by atoms with E-state index in [1.54, 1.807) is 14.0 Å². The molecule has 1 atom stereocenters. The first-order valence-corrected chi connectivity index (χ1v) is 11.9. The molecule has 170 valence electrons. The van der Waals surface area contributed by atoms with Crippen molar-refractivity contribution in [2.75, 3.05) is 26.8 Å². The Bertz CT molecular complexity index is 995. The molecule has 0 aromatic heterocycles. The molecule has 0 bridgehead atoms. The smallest absolute Gasteiger partial charge is 0.338 e. The molecule has 1 aromatic carbocycles. The van der Waals surface area contributed by atoms with E-state index in [2.05, 4.69) is 0 Å². The summed E-state index contributed by atoms with van der Waals surface area (Å²) in [6, 6.07) is 7.23. The van der Waals surface area contributed by atoms with Crippen LogP contribution in [0.25, 0.3) is 0 Å². The molecule has 32 heavy (non-hydrogen) atoms. The minimum absolute atomic E-state index is 0.117. The van der Waals surface area contributed by atoms with E-state index in [-0.39, 0.29) is 24.9 Å². The van der Waals surface area contributed by atoms with Crippen molar-refractivity contribution in [3.8, 4) is 5.75 Å². The predicted molar refractivity (Wildman–Crippen MR) is 125 cm³/mol. The number of aliphatic imine (C=N–C) groups is 1. The van der Waals surface area contributed by atoms with Crippen LogP contribution in [0, 0.1) is 0 Å². The monoisotopic (exact) mass is 455 g/mol. The first-order chi connectivity index (χ1) is 15.5. The maximum absolute atomic E-state index is 13.0. The Morgan fingerprint density at radius 1 is 1.22 bits per heavy atom. The molecule has 0 aliphatic carbocycles. The number of carbonyl (C=O) groups is 2. The number of benzene rings is 1. The lowest BCUT2D eigenvalue weighted by Gasteiger charge is -2.37. The third kappa shape index (κ3) is 4.41. The molecule has 1 fully saturated rings. The first kappa shape index (κ1) is 22.5. The Hall–Kier alpha value is -2.74. The lowest BCUT2D eigenvalue weighted by Crippen LogP contribution is -2.40. The molecule has 3 aliphatic rings. The summed E-state index contributed by atoms with van der Waals surface area (Å²) in [6.45, 7) is 5.53. The van der Waals surface area contributed by atoms with Gasteiger partial charge in [0, 0.05) is 18.8 Å². The topological polar surface area (TPSA) is 71.4 Å². The fraction of sp³-hybridized carbons (Fsp3) is 0.458. The lowest BCUT2D eigenvalue weighted by molar-refractivity contribution is -0.139. The van der Waals surface area contributed by atoms with Crippen molar-refractivity contribution >= 4 is 28.8 Å². The maximum Gasteiger partial charge on any atom is 0.338 e. The van der Waals surface area contributed by atoms with Gasteiger partial charge in [-0.3, -0.25) is 4.79 Å². The molecule has 4 rings (SSSR count). The minimum atomic E-state index is -0.438. The second-order valence-electron chi connectivity index (χ2n) is 8.01. The van der Waals surface area contributed by atoms with E-state index in [0.717, 1.165) is 42.4 Å². The Labute approximate surface area is 193 Å². The van der Waals surface area contributed by atoms with Gasteiger partial charge in [-0.25, -0.2) is 9.79 Å². The van der Waals surface area contributed by atoms with Crippen LogP contribution in [0.15, 0.2) is 51.6 Å². The minimum Gasteiger partial charge on any atom is -0.497 e. The average Bonchev–Trinajstić information content (AvgIpc) is 3.20.